The van der Waals surface area contributed by atoms with Gasteiger partial charge in [0, 0.05) is 0 Å². The van der Waals surface area contributed by atoms with Crippen LogP contribution in [0.5, 0.6) is 0 Å². The van der Waals surface area contributed by atoms with Crippen LogP contribution in [0.4, 0.5) is 0 Å². The molecule has 0 aliphatic rings. The lowest BCUT2D eigenvalue weighted by molar-refractivity contribution is 0.466. The van der Waals surface area contributed by atoms with E-state index in [4.69, 9.17) is 0 Å². The van der Waals surface area contributed by atoms with Crippen molar-refractivity contribution in [3.8, 4) is 0 Å². The standard InChI is InChI=1S/C9H20/c1-4-6-8-9(3)7-5-2/h9H,4-8H2,1-3H3/t9-/m1/s1. The van der Waals surface area contributed by atoms with Crippen molar-refractivity contribution in [1.29, 1.82) is 0 Å². The van der Waals surface area contributed by atoms with E-state index in [1.807, 2.05) is 0 Å². The van der Waals surface area contributed by atoms with Crippen molar-refractivity contribution in [3.63, 3.8) is 0 Å². The van der Waals surface area contributed by atoms with E-state index >= 15 is 0 Å². The normalized spacial score (nSPS) is 13.7. The van der Waals surface area contributed by atoms with Gasteiger partial charge in [0.2, 0.25) is 0 Å². The molecule has 0 amide bonds. The maximum Gasteiger partial charge on any atom is -0.0443 e. The number of hydrogen-bond acceptors (Lipinski definition) is 0. The lowest BCUT2D eigenvalue weighted by Gasteiger charge is -2.07. The molecule has 0 aliphatic carbocycles. The van der Waals surface area contributed by atoms with Gasteiger partial charge in [-0.25, -0.2) is 0 Å². The maximum atomic E-state index is 2.36. The average Bonchev–Trinajstić information content (AvgIpc) is 1.85. The van der Waals surface area contributed by atoms with Gasteiger partial charge in [0.25, 0.3) is 0 Å². The van der Waals surface area contributed by atoms with Crippen molar-refractivity contribution in [2.45, 2.75) is 52.9 Å². The predicted molar refractivity (Wildman–Crippen MR) is 43.6 cm³/mol. The fraction of sp³-hybridized carbons (Fsp3) is 1.00. The summed E-state index contributed by atoms with van der Waals surface area (Å²) >= 11 is 0. The van der Waals surface area contributed by atoms with E-state index in [1.165, 1.54) is 32.1 Å². The molecule has 0 heteroatoms. The van der Waals surface area contributed by atoms with Gasteiger partial charge in [0.15, 0.2) is 0 Å². The number of hydrogen-bond donors (Lipinski definition) is 0. The second kappa shape index (κ2) is 6.12. The molecule has 0 aromatic heterocycles. The third-order valence-corrected chi connectivity index (χ3v) is 1.83. The molecule has 0 heterocycles. The van der Waals surface area contributed by atoms with Gasteiger partial charge in [-0.3, -0.25) is 0 Å². The SMILES string of the molecule is CCCC[C@H](C)CCC. The highest BCUT2D eigenvalue weighted by atomic mass is 14.0. The first-order chi connectivity index (χ1) is 4.31. The van der Waals surface area contributed by atoms with Crippen LogP contribution in [0.3, 0.4) is 0 Å². The fourth-order valence-electron chi connectivity index (χ4n) is 1.19. The molecule has 0 fully saturated rings. The zero-order valence-electron chi connectivity index (χ0n) is 7.11. The van der Waals surface area contributed by atoms with E-state index in [0.29, 0.717) is 0 Å². The first kappa shape index (κ1) is 9.00. The highest BCUT2D eigenvalue weighted by Crippen LogP contribution is 2.12. The molecule has 0 aliphatic heterocycles. The molecule has 0 unspecified atom stereocenters. The molecule has 0 N–H and O–H groups in total. The minimum absolute atomic E-state index is 0.968. The Balaban J connectivity index is 2.95. The van der Waals surface area contributed by atoms with Crippen LogP contribution >= 0.6 is 0 Å². The molecular weight excluding hydrogens is 108 g/mol. The van der Waals surface area contributed by atoms with Crippen LogP contribution < -0.4 is 0 Å². The van der Waals surface area contributed by atoms with E-state index in [-0.39, 0.29) is 0 Å². The molecule has 9 heavy (non-hydrogen) atoms. The molecule has 56 valence electrons. The van der Waals surface area contributed by atoms with Crippen molar-refractivity contribution in [2.75, 3.05) is 0 Å². The van der Waals surface area contributed by atoms with E-state index in [1.54, 1.807) is 0 Å². The minimum Gasteiger partial charge on any atom is -0.0654 e. The quantitative estimate of drug-likeness (QED) is 0.530. The topological polar surface area (TPSA) is 0 Å². The fourth-order valence-corrected chi connectivity index (χ4v) is 1.19. The highest BCUT2D eigenvalue weighted by molar-refractivity contribution is 4.50. The summed E-state index contributed by atoms with van der Waals surface area (Å²) in [5.74, 6) is 0.968. The Hall–Kier alpha value is 0. The minimum atomic E-state index is 0.968. The third-order valence-electron chi connectivity index (χ3n) is 1.83. The number of rotatable bonds is 5. The molecular formula is C9H20. The molecule has 0 aromatic rings. The maximum absolute atomic E-state index is 2.36. The summed E-state index contributed by atoms with van der Waals surface area (Å²) in [7, 11) is 0. The summed E-state index contributed by atoms with van der Waals surface area (Å²) in [6.07, 6.45) is 6.98. The second-order valence-electron chi connectivity index (χ2n) is 3.04. The Labute approximate surface area is 59.7 Å². The summed E-state index contributed by atoms with van der Waals surface area (Å²) in [6.45, 7) is 6.89. The molecule has 0 saturated carbocycles. The van der Waals surface area contributed by atoms with Crippen LogP contribution in [0.1, 0.15) is 52.9 Å². The Morgan fingerprint density at radius 1 is 1.00 bits per heavy atom. The molecule has 0 spiro atoms. The third kappa shape index (κ3) is 5.88. The van der Waals surface area contributed by atoms with Gasteiger partial charge in [-0.2, -0.15) is 0 Å². The Bertz CT molecular complexity index is 48.0. The zero-order chi connectivity index (χ0) is 7.11. The van der Waals surface area contributed by atoms with Gasteiger partial charge in [0.05, 0.1) is 0 Å². The van der Waals surface area contributed by atoms with Crippen LogP contribution in [0, 0.1) is 5.92 Å². The average molecular weight is 128 g/mol. The Morgan fingerprint density at radius 3 is 2.11 bits per heavy atom. The zero-order valence-corrected chi connectivity index (χ0v) is 7.11. The van der Waals surface area contributed by atoms with E-state index < -0.39 is 0 Å². The molecule has 0 rings (SSSR count). The molecule has 0 aromatic carbocycles. The van der Waals surface area contributed by atoms with E-state index in [9.17, 15) is 0 Å². The van der Waals surface area contributed by atoms with E-state index in [2.05, 4.69) is 20.8 Å². The van der Waals surface area contributed by atoms with Gasteiger partial charge in [-0.1, -0.05) is 52.9 Å². The van der Waals surface area contributed by atoms with Gasteiger partial charge >= 0.3 is 0 Å². The molecule has 0 saturated heterocycles. The largest absolute Gasteiger partial charge is 0.0654 e. The van der Waals surface area contributed by atoms with Crippen LogP contribution in [0.2, 0.25) is 0 Å². The summed E-state index contributed by atoms with van der Waals surface area (Å²) in [5.41, 5.74) is 0. The summed E-state index contributed by atoms with van der Waals surface area (Å²) in [6, 6.07) is 0. The van der Waals surface area contributed by atoms with Crippen molar-refractivity contribution in [3.05, 3.63) is 0 Å². The highest BCUT2D eigenvalue weighted by Gasteiger charge is 1.97. The predicted octanol–water partition coefficient (Wildman–Crippen LogP) is 3.61. The first-order valence-corrected chi connectivity index (χ1v) is 4.31. The van der Waals surface area contributed by atoms with Crippen molar-refractivity contribution < 1.29 is 0 Å². The van der Waals surface area contributed by atoms with Crippen molar-refractivity contribution in [1.82, 2.24) is 0 Å². The van der Waals surface area contributed by atoms with Gasteiger partial charge in [-0.15, -0.1) is 0 Å². The van der Waals surface area contributed by atoms with E-state index in [0.717, 1.165) is 5.92 Å². The summed E-state index contributed by atoms with van der Waals surface area (Å²) in [5, 5.41) is 0. The van der Waals surface area contributed by atoms with Crippen LogP contribution in [-0.4, -0.2) is 0 Å². The lowest BCUT2D eigenvalue weighted by atomic mass is 10.00. The first-order valence-electron chi connectivity index (χ1n) is 4.31. The summed E-state index contributed by atoms with van der Waals surface area (Å²) in [4.78, 5) is 0. The number of unbranched alkanes of at least 4 members (excludes halogenated alkanes) is 1. The molecule has 0 bridgehead atoms. The monoisotopic (exact) mass is 128 g/mol. The van der Waals surface area contributed by atoms with Gasteiger partial charge in [0.1, 0.15) is 0 Å². The molecule has 0 nitrogen and oxygen atoms in total. The van der Waals surface area contributed by atoms with Crippen molar-refractivity contribution in [2.24, 2.45) is 5.92 Å². The van der Waals surface area contributed by atoms with Gasteiger partial charge < -0.3 is 0 Å². The van der Waals surface area contributed by atoms with Gasteiger partial charge in [-0.05, 0) is 5.92 Å². The van der Waals surface area contributed by atoms with Crippen LogP contribution in [-0.2, 0) is 0 Å². The Kier molecular flexibility index (Phi) is 6.12. The molecule has 1 atom stereocenters. The lowest BCUT2D eigenvalue weighted by Crippen LogP contribution is -1.92. The smallest absolute Gasteiger partial charge is 0.0443 e. The Morgan fingerprint density at radius 2 is 1.67 bits per heavy atom. The van der Waals surface area contributed by atoms with Crippen LogP contribution in [0.25, 0.3) is 0 Å². The molecule has 0 radical (unpaired) electrons. The van der Waals surface area contributed by atoms with Crippen LogP contribution in [0.15, 0.2) is 0 Å². The summed E-state index contributed by atoms with van der Waals surface area (Å²) < 4.78 is 0. The van der Waals surface area contributed by atoms with Crippen molar-refractivity contribution >= 4 is 0 Å². The second-order valence-corrected chi connectivity index (χ2v) is 3.04.